The molecule has 0 atom stereocenters. The number of hydrogen-bond acceptors (Lipinski definition) is 2. The van der Waals surface area contributed by atoms with Crippen LogP contribution in [0.15, 0.2) is 103 Å². The molecule has 0 amide bonds. The van der Waals surface area contributed by atoms with Gasteiger partial charge in [0.05, 0.1) is 10.7 Å². The number of nitrogens with zero attached hydrogens (tertiary/aromatic N) is 2. The molecule has 2 nitrogen and oxygen atoms in total. The molecule has 9 aliphatic carbocycles. The Morgan fingerprint density at radius 3 is 1.76 bits per heavy atom. The van der Waals surface area contributed by atoms with Crippen molar-refractivity contribution >= 4 is 77.4 Å². The van der Waals surface area contributed by atoms with Gasteiger partial charge >= 0.3 is 6.85 Å². The number of anilines is 3. The van der Waals surface area contributed by atoms with Crippen LogP contribution in [-0.4, -0.2) is 11.3 Å². The van der Waals surface area contributed by atoms with Gasteiger partial charge in [-0.2, -0.15) is 0 Å². The van der Waals surface area contributed by atoms with Gasteiger partial charge in [0.25, 0.3) is 0 Å². The molecule has 8 fully saturated rings. The van der Waals surface area contributed by atoms with E-state index in [1.165, 1.54) is 177 Å². The summed E-state index contributed by atoms with van der Waals surface area (Å²) >= 11 is 2.07. The van der Waals surface area contributed by atoms with Crippen LogP contribution in [0.25, 0.3) is 54.1 Å². The van der Waals surface area contributed by atoms with Gasteiger partial charge in [-0.3, -0.25) is 0 Å². The first-order chi connectivity index (χ1) is 36.0. The molecule has 8 aromatic rings. The van der Waals surface area contributed by atoms with Crippen LogP contribution in [0.1, 0.15) is 172 Å². The average Bonchev–Trinajstić information content (AvgIpc) is 3.98. The van der Waals surface area contributed by atoms with Gasteiger partial charge in [-0.15, -0.1) is 11.3 Å². The molecule has 0 saturated heterocycles. The largest absolute Gasteiger partial charge is 0.375 e. The zero-order valence-corrected chi connectivity index (χ0v) is 46.9. The van der Waals surface area contributed by atoms with E-state index in [2.05, 4.69) is 179 Å². The Labute approximate surface area is 450 Å². The highest BCUT2D eigenvalue weighted by molar-refractivity contribution is 7.26. The summed E-state index contributed by atoms with van der Waals surface area (Å²) in [4.78, 5) is 2.79. The predicted molar refractivity (Wildman–Crippen MR) is 319 cm³/mol. The van der Waals surface area contributed by atoms with Gasteiger partial charge in [-0.1, -0.05) is 97.0 Å². The lowest BCUT2D eigenvalue weighted by molar-refractivity contribution is -0.00527. The Balaban J connectivity index is 0.994. The standard InChI is InChI=1S/C71H75BN2S/c1-40-20-53-55-31-50(71-37-44-25-45(38-71)27-46(26-44)39-71)30-54-52-29-49(70-34-41-22-42(35-70)24-43(23-41)36-70)15-17-60(52)74(65(54)55)72-63(53)61(21-40)73(59-16-14-48(67(2,3)4)28-51(59)47-12-10-9-11-13-47)66-64(72)56-32-57-58(33-62(56)75-66)69(7,8)19-18-68(57,5)6/h9-17,20-21,28-33,41-46H,18-19,22-27,34-39H2,1-8H3. The van der Waals surface area contributed by atoms with Crippen molar-refractivity contribution < 1.29 is 0 Å². The second kappa shape index (κ2) is 14.7. The highest BCUT2D eigenvalue weighted by atomic mass is 32.1. The van der Waals surface area contributed by atoms with Crippen molar-refractivity contribution in [3.63, 3.8) is 0 Å². The number of aromatic nitrogens is 1. The van der Waals surface area contributed by atoms with Crippen LogP contribution in [0.4, 0.5) is 16.4 Å². The smallest absolute Gasteiger partial charge is 0.334 e. The summed E-state index contributed by atoms with van der Waals surface area (Å²) < 4.78 is 4.39. The van der Waals surface area contributed by atoms with Gasteiger partial charge in [0.1, 0.15) is 0 Å². The molecule has 6 aromatic carbocycles. The van der Waals surface area contributed by atoms with Crippen LogP contribution in [0, 0.1) is 42.4 Å². The van der Waals surface area contributed by atoms with Crippen LogP contribution in [0.5, 0.6) is 0 Å². The van der Waals surface area contributed by atoms with Crippen LogP contribution in [0.3, 0.4) is 0 Å². The molecule has 378 valence electrons. The molecule has 4 heteroatoms. The fraction of sp³-hybridized carbons (Fsp3) is 0.465. The van der Waals surface area contributed by atoms with Crippen molar-refractivity contribution in [1.82, 2.24) is 4.48 Å². The van der Waals surface area contributed by atoms with Gasteiger partial charge in [0.2, 0.25) is 0 Å². The quantitative estimate of drug-likeness (QED) is 0.160. The summed E-state index contributed by atoms with van der Waals surface area (Å²) in [5.74, 6) is 5.45. The lowest BCUT2D eigenvalue weighted by Gasteiger charge is -2.57. The molecular weight excluding hydrogens is 924 g/mol. The van der Waals surface area contributed by atoms with Crippen molar-refractivity contribution in [3.8, 4) is 22.3 Å². The number of aryl methyl sites for hydroxylation is 1. The lowest BCUT2D eigenvalue weighted by atomic mass is 9.45. The molecular formula is C71H75BN2S. The van der Waals surface area contributed by atoms with E-state index in [1.54, 1.807) is 27.6 Å². The summed E-state index contributed by atoms with van der Waals surface area (Å²) in [6.07, 6.45) is 19.7. The second-order valence-electron chi connectivity index (χ2n) is 29.7. The summed E-state index contributed by atoms with van der Waals surface area (Å²) in [7, 11) is 0. The minimum atomic E-state index is 0.00747. The van der Waals surface area contributed by atoms with Crippen LogP contribution in [-0.2, 0) is 27.1 Å². The van der Waals surface area contributed by atoms with E-state index in [1.807, 2.05) is 0 Å². The summed E-state index contributed by atoms with van der Waals surface area (Å²) in [5.41, 5.74) is 24.2. The molecule has 4 heterocycles. The zero-order valence-electron chi connectivity index (χ0n) is 46.1. The molecule has 19 rings (SSSR count). The predicted octanol–water partition coefficient (Wildman–Crippen LogP) is 18.0. The van der Waals surface area contributed by atoms with Crippen molar-refractivity contribution in [3.05, 3.63) is 137 Å². The molecule has 8 saturated carbocycles. The SMILES string of the molecule is Cc1cc2c3c(c1)N(c1ccc(C(C)(C)C)cc1-c1ccccc1)c1sc4cc5c(cc4c1B3n1c3ccc(C46CC7CC(CC(C7)C4)C6)cc3c3cc(C46CC7CC(CC(C7)C4)C6)cc-2c31)C(C)(C)CCC5(C)C. The van der Waals surface area contributed by atoms with E-state index in [0.717, 1.165) is 35.5 Å². The highest BCUT2D eigenvalue weighted by Crippen LogP contribution is 2.64. The Hall–Kier alpha value is -5.06. The molecule has 11 aliphatic rings. The van der Waals surface area contributed by atoms with E-state index >= 15 is 0 Å². The van der Waals surface area contributed by atoms with E-state index in [-0.39, 0.29) is 28.5 Å². The Morgan fingerprint density at radius 2 is 1.13 bits per heavy atom. The maximum absolute atomic E-state index is 2.95. The van der Waals surface area contributed by atoms with E-state index in [9.17, 15) is 0 Å². The van der Waals surface area contributed by atoms with E-state index < -0.39 is 0 Å². The number of benzene rings is 6. The minimum Gasteiger partial charge on any atom is -0.375 e. The number of thiophene rings is 1. The first-order valence-corrected chi connectivity index (χ1v) is 30.7. The first-order valence-electron chi connectivity index (χ1n) is 29.9. The van der Waals surface area contributed by atoms with Gasteiger partial charge in [-0.05, 0) is 275 Å². The molecule has 2 aliphatic heterocycles. The second-order valence-corrected chi connectivity index (χ2v) is 30.8. The summed E-state index contributed by atoms with van der Waals surface area (Å²) in [6.45, 7) is 19.6. The van der Waals surface area contributed by atoms with Crippen LogP contribution < -0.4 is 15.8 Å². The third-order valence-electron chi connectivity index (χ3n) is 22.9. The number of fused-ring (bicyclic) bond motifs is 10. The van der Waals surface area contributed by atoms with Gasteiger partial charge in [-0.25, -0.2) is 0 Å². The van der Waals surface area contributed by atoms with Gasteiger partial charge in [0, 0.05) is 43.3 Å². The fourth-order valence-corrected chi connectivity index (χ4v) is 21.4. The van der Waals surface area contributed by atoms with Crippen molar-refractivity contribution in [1.29, 1.82) is 0 Å². The van der Waals surface area contributed by atoms with Crippen molar-refractivity contribution in [2.24, 2.45) is 35.5 Å². The van der Waals surface area contributed by atoms with Gasteiger partial charge in [0.15, 0.2) is 0 Å². The molecule has 2 aromatic heterocycles. The van der Waals surface area contributed by atoms with Crippen molar-refractivity contribution in [2.75, 3.05) is 4.90 Å². The molecule has 8 bridgehead atoms. The van der Waals surface area contributed by atoms with Crippen molar-refractivity contribution in [2.45, 2.75) is 172 Å². The molecule has 0 spiro atoms. The molecule has 0 unspecified atom stereocenters. The monoisotopic (exact) mass is 999 g/mol. The zero-order chi connectivity index (χ0) is 50.4. The normalized spacial score (nSPS) is 29.9. The lowest BCUT2D eigenvalue weighted by Crippen LogP contribution is -2.56. The Kier molecular flexibility index (Phi) is 8.85. The Bertz CT molecular complexity index is 3740. The number of rotatable bonds is 4. The maximum Gasteiger partial charge on any atom is 0.334 e. The van der Waals surface area contributed by atoms with E-state index in [4.69, 9.17) is 0 Å². The Morgan fingerprint density at radius 1 is 0.533 bits per heavy atom. The minimum absolute atomic E-state index is 0.00747. The molecule has 0 N–H and O–H groups in total. The van der Waals surface area contributed by atoms with Crippen LogP contribution in [0.2, 0.25) is 0 Å². The van der Waals surface area contributed by atoms with Gasteiger partial charge < -0.3 is 9.38 Å². The fourth-order valence-electron chi connectivity index (χ4n) is 20.1. The maximum atomic E-state index is 2.95. The number of hydrogen-bond donors (Lipinski definition) is 0. The van der Waals surface area contributed by atoms with Crippen LogP contribution >= 0.6 is 11.3 Å². The third kappa shape index (κ3) is 6.16. The summed E-state index contributed by atoms with van der Waals surface area (Å²) in [5, 5.41) is 5.94. The molecule has 75 heavy (non-hydrogen) atoms. The average molecular weight is 999 g/mol. The summed E-state index contributed by atoms with van der Waals surface area (Å²) in [6, 6.07) is 43.3. The molecule has 0 radical (unpaired) electrons. The topological polar surface area (TPSA) is 8.17 Å². The highest BCUT2D eigenvalue weighted by Gasteiger charge is 2.55. The van der Waals surface area contributed by atoms with E-state index in [0.29, 0.717) is 5.41 Å². The first kappa shape index (κ1) is 45.0. The third-order valence-corrected chi connectivity index (χ3v) is 24.1.